The number of fused-ring (bicyclic) bond motifs is 1. The van der Waals surface area contributed by atoms with E-state index in [1.807, 2.05) is 55.7 Å². The van der Waals surface area contributed by atoms with Gasteiger partial charge < -0.3 is 14.1 Å². The van der Waals surface area contributed by atoms with Gasteiger partial charge in [-0.25, -0.2) is 0 Å². The van der Waals surface area contributed by atoms with E-state index in [0.29, 0.717) is 12.3 Å². The number of nitrogens with zero attached hydrogens (tertiary/aromatic N) is 3. The Morgan fingerprint density at radius 2 is 1.93 bits per heavy atom. The van der Waals surface area contributed by atoms with Crippen LogP contribution in [0.25, 0.3) is 10.8 Å². The lowest BCUT2D eigenvalue weighted by Crippen LogP contribution is -2.26. The molecule has 0 bridgehead atoms. The third-order valence-electron chi connectivity index (χ3n) is 4.49. The zero-order valence-electron chi connectivity index (χ0n) is 15.8. The van der Waals surface area contributed by atoms with Crippen molar-refractivity contribution >= 4 is 16.7 Å². The molecule has 142 valence electrons. The molecule has 4 rings (SSSR count). The third kappa shape index (κ3) is 3.91. The van der Waals surface area contributed by atoms with E-state index in [9.17, 15) is 4.79 Å². The van der Waals surface area contributed by atoms with Gasteiger partial charge in [0.05, 0.1) is 12.2 Å². The van der Waals surface area contributed by atoms with Crippen LogP contribution in [0.3, 0.4) is 0 Å². The van der Waals surface area contributed by atoms with Crippen LogP contribution >= 0.6 is 0 Å². The summed E-state index contributed by atoms with van der Waals surface area (Å²) in [5, 5.41) is 6.57. The van der Waals surface area contributed by atoms with Crippen molar-refractivity contribution in [1.29, 1.82) is 0 Å². The Morgan fingerprint density at radius 1 is 1.11 bits per heavy atom. The standard InChI is InChI=1S/C22H21N3O3/c1-24(14-18-11-12-25(2)23-18)22(26)21-10-9-20(28-21)15-27-19-8-7-16-5-3-4-6-17(16)13-19/h3-13H,14-15H2,1-2H3. The normalized spacial score (nSPS) is 10.9. The van der Waals surface area contributed by atoms with E-state index < -0.39 is 0 Å². The summed E-state index contributed by atoms with van der Waals surface area (Å²) in [6, 6.07) is 19.4. The molecular weight excluding hydrogens is 354 g/mol. The highest BCUT2D eigenvalue weighted by molar-refractivity contribution is 5.91. The van der Waals surface area contributed by atoms with Crippen molar-refractivity contribution < 1.29 is 13.9 Å². The number of ether oxygens (including phenoxy) is 1. The summed E-state index contributed by atoms with van der Waals surface area (Å²) < 4.78 is 13.2. The first kappa shape index (κ1) is 17.9. The first-order chi connectivity index (χ1) is 13.6. The topological polar surface area (TPSA) is 60.5 Å². The van der Waals surface area contributed by atoms with Gasteiger partial charge in [0.2, 0.25) is 0 Å². The summed E-state index contributed by atoms with van der Waals surface area (Å²) >= 11 is 0. The van der Waals surface area contributed by atoms with Gasteiger partial charge in [-0.15, -0.1) is 0 Å². The van der Waals surface area contributed by atoms with Gasteiger partial charge in [-0.2, -0.15) is 5.10 Å². The average Bonchev–Trinajstić information content (AvgIpc) is 3.34. The van der Waals surface area contributed by atoms with Crippen LogP contribution in [-0.4, -0.2) is 27.6 Å². The number of hydrogen-bond acceptors (Lipinski definition) is 4. The third-order valence-corrected chi connectivity index (χ3v) is 4.49. The number of amides is 1. The van der Waals surface area contributed by atoms with E-state index in [1.54, 1.807) is 28.8 Å². The number of rotatable bonds is 6. The van der Waals surface area contributed by atoms with Gasteiger partial charge in [0.15, 0.2) is 5.76 Å². The van der Waals surface area contributed by atoms with E-state index in [2.05, 4.69) is 11.2 Å². The zero-order valence-corrected chi connectivity index (χ0v) is 15.8. The van der Waals surface area contributed by atoms with E-state index in [4.69, 9.17) is 9.15 Å². The number of aromatic nitrogens is 2. The molecule has 0 unspecified atom stereocenters. The van der Waals surface area contributed by atoms with Crippen LogP contribution in [0.4, 0.5) is 0 Å². The summed E-state index contributed by atoms with van der Waals surface area (Å²) in [6.45, 7) is 0.679. The molecule has 4 aromatic rings. The van der Waals surface area contributed by atoms with Crippen LogP contribution in [0.2, 0.25) is 0 Å². The Hall–Kier alpha value is -3.54. The Balaban J connectivity index is 1.38. The summed E-state index contributed by atoms with van der Waals surface area (Å²) in [5.41, 5.74) is 0.824. The highest BCUT2D eigenvalue weighted by Crippen LogP contribution is 2.22. The maximum atomic E-state index is 12.5. The molecule has 28 heavy (non-hydrogen) atoms. The second kappa shape index (κ2) is 7.60. The minimum Gasteiger partial charge on any atom is -0.486 e. The van der Waals surface area contributed by atoms with Gasteiger partial charge in [0.25, 0.3) is 5.91 Å². The van der Waals surface area contributed by atoms with E-state index in [1.165, 1.54) is 0 Å². The number of carbonyl (C=O) groups is 1. The maximum Gasteiger partial charge on any atom is 0.289 e. The molecule has 1 amide bonds. The lowest BCUT2D eigenvalue weighted by molar-refractivity contribution is 0.0747. The fourth-order valence-electron chi connectivity index (χ4n) is 3.03. The molecule has 0 saturated carbocycles. The fourth-order valence-corrected chi connectivity index (χ4v) is 3.03. The van der Waals surface area contributed by atoms with Crippen molar-refractivity contribution in [3.8, 4) is 5.75 Å². The first-order valence-corrected chi connectivity index (χ1v) is 9.03. The second-order valence-corrected chi connectivity index (χ2v) is 6.71. The minimum atomic E-state index is -0.192. The summed E-state index contributed by atoms with van der Waals surface area (Å²) in [7, 11) is 3.57. The van der Waals surface area contributed by atoms with Crippen molar-refractivity contribution in [2.24, 2.45) is 7.05 Å². The molecule has 6 heteroatoms. The van der Waals surface area contributed by atoms with Crippen molar-refractivity contribution in [3.05, 3.63) is 84.1 Å². The lowest BCUT2D eigenvalue weighted by atomic mass is 10.1. The SMILES string of the molecule is CN(Cc1ccn(C)n1)C(=O)c1ccc(COc2ccc3ccccc3c2)o1. The maximum absolute atomic E-state index is 12.5. The number of carbonyl (C=O) groups excluding carboxylic acids is 1. The number of furan rings is 1. The van der Waals surface area contributed by atoms with E-state index in [-0.39, 0.29) is 18.3 Å². The molecule has 0 saturated heterocycles. The van der Waals surface area contributed by atoms with Crippen LogP contribution in [0.5, 0.6) is 5.75 Å². The van der Waals surface area contributed by atoms with Crippen molar-refractivity contribution in [1.82, 2.24) is 14.7 Å². The van der Waals surface area contributed by atoms with Crippen LogP contribution in [0, 0.1) is 0 Å². The molecule has 0 atom stereocenters. The van der Waals surface area contributed by atoms with Gasteiger partial charge in [0.1, 0.15) is 18.1 Å². The molecule has 0 fully saturated rings. The Bertz CT molecular complexity index is 1110. The molecule has 2 heterocycles. The quantitative estimate of drug-likeness (QED) is 0.511. The van der Waals surface area contributed by atoms with E-state index in [0.717, 1.165) is 22.2 Å². The molecule has 6 nitrogen and oxygen atoms in total. The smallest absolute Gasteiger partial charge is 0.289 e. The van der Waals surface area contributed by atoms with Crippen LogP contribution < -0.4 is 4.74 Å². The first-order valence-electron chi connectivity index (χ1n) is 9.03. The lowest BCUT2D eigenvalue weighted by Gasteiger charge is -2.14. The zero-order chi connectivity index (χ0) is 19.5. The van der Waals surface area contributed by atoms with Gasteiger partial charge >= 0.3 is 0 Å². The minimum absolute atomic E-state index is 0.192. The van der Waals surface area contributed by atoms with Gasteiger partial charge in [0, 0.05) is 20.3 Å². The Labute approximate surface area is 162 Å². The van der Waals surface area contributed by atoms with Crippen molar-refractivity contribution in [2.75, 3.05) is 7.05 Å². The summed E-state index contributed by atoms with van der Waals surface area (Å²) in [6.07, 6.45) is 1.85. The fraction of sp³-hybridized carbons (Fsp3) is 0.182. The Morgan fingerprint density at radius 3 is 2.71 bits per heavy atom. The molecule has 0 radical (unpaired) electrons. The average molecular weight is 375 g/mol. The molecule has 2 aromatic carbocycles. The van der Waals surface area contributed by atoms with Gasteiger partial charge in [-0.1, -0.05) is 30.3 Å². The molecule has 0 aliphatic heterocycles. The van der Waals surface area contributed by atoms with Crippen LogP contribution in [-0.2, 0) is 20.2 Å². The predicted molar refractivity (Wildman–Crippen MR) is 106 cm³/mol. The molecule has 0 N–H and O–H groups in total. The molecule has 0 aliphatic carbocycles. The van der Waals surface area contributed by atoms with Crippen LogP contribution in [0.1, 0.15) is 22.0 Å². The summed E-state index contributed by atoms with van der Waals surface area (Å²) in [5.74, 6) is 1.45. The second-order valence-electron chi connectivity index (χ2n) is 6.71. The molecular formula is C22H21N3O3. The van der Waals surface area contributed by atoms with Crippen LogP contribution in [0.15, 0.2) is 71.3 Å². The molecule has 2 aromatic heterocycles. The van der Waals surface area contributed by atoms with E-state index >= 15 is 0 Å². The number of aryl methyl sites for hydroxylation is 1. The predicted octanol–water partition coefficient (Wildman–Crippen LogP) is 4.02. The highest BCUT2D eigenvalue weighted by atomic mass is 16.5. The summed E-state index contributed by atoms with van der Waals surface area (Å²) in [4.78, 5) is 14.1. The molecule has 0 aliphatic rings. The molecule has 0 spiro atoms. The Kier molecular flexibility index (Phi) is 4.85. The number of hydrogen-bond donors (Lipinski definition) is 0. The van der Waals surface area contributed by atoms with Crippen molar-refractivity contribution in [2.45, 2.75) is 13.2 Å². The van der Waals surface area contributed by atoms with Gasteiger partial charge in [-0.3, -0.25) is 9.48 Å². The number of benzene rings is 2. The monoisotopic (exact) mass is 375 g/mol. The highest BCUT2D eigenvalue weighted by Gasteiger charge is 2.17. The largest absolute Gasteiger partial charge is 0.486 e. The van der Waals surface area contributed by atoms with Gasteiger partial charge in [-0.05, 0) is 41.1 Å². The van der Waals surface area contributed by atoms with Crippen molar-refractivity contribution in [3.63, 3.8) is 0 Å².